The molecular formula is C19H18N2O3S. The van der Waals surface area contributed by atoms with Gasteiger partial charge in [-0.25, -0.2) is 4.98 Å². The van der Waals surface area contributed by atoms with Crippen molar-refractivity contribution in [2.24, 2.45) is 0 Å². The number of hydrogen-bond donors (Lipinski definition) is 1. The number of thioether (sulfide) groups is 1. The summed E-state index contributed by atoms with van der Waals surface area (Å²) < 4.78 is 12.9. The first-order valence-corrected chi connectivity index (χ1v) is 9.02. The molecule has 128 valence electrons. The summed E-state index contributed by atoms with van der Waals surface area (Å²) in [5.41, 5.74) is 3.13. The van der Waals surface area contributed by atoms with Crippen LogP contribution in [0, 0.1) is 0 Å². The second kappa shape index (κ2) is 7.21. The number of benzene rings is 2. The summed E-state index contributed by atoms with van der Waals surface area (Å²) in [6, 6.07) is 16.2. The number of aromatic nitrogens is 2. The van der Waals surface area contributed by atoms with E-state index < -0.39 is 0 Å². The molecule has 1 N–H and O–H groups in total. The Labute approximate surface area is 150 Å². The topological polar surface area (TPSA) is 56.5 Å². The van der Waals surface area contributed by atoms with Gasteiger partial charge in [0.1, 0.15) is 0 Å². The van der Waals surface area contributed by atoms with Crippen LogP contribution in [0.4, 0.5) is 0 Å². The third kappa shape index (κ3) is 3.50. The van der Waals surface area contributed by atoms with Crippen LogP contribution >= 0.6 is 11.8 Å². The fourth-order valence-electron chi connectivity index (χ4n) is 2.75. The van der Waals surface area contributed by atoms with Crippen LogP contribution in [0.25, 0.3) is 0 Å². The van der Waals surface area contributed by atoms with Gasteiger partial charge in [0, 0.05) is 5.75 Å². The maximum atomic E-state index is 9.64. The van der Waals surface area contributed by atoms with Gasteiger partial charge in [0.2, 0.25) is 6.79 Å². The van der Waals surface area contributed by atoms with E-state index in [4.69, 9.17) is 9.47 Å². The van der Waals surface area contributed by atoms with Crippen LogP contribution in [0.5, 0.6) is 11.5 Å². The minimum Gasteiger partial charge on any atom is -0.454 e. The summed E-state index contributed by atoms with van der Waals surface area (Å²) >= 11 is 1.67. The van der Waals surface area contributed by atoms with Crippen molar-refractivity contribution in [3.63, 3.8) is 0 Å². The highest BCUT2D eigenvalue weighted by Crippen LogP contribution is 2.33. The lowest BCUT2D eigenvalue weighted by Gasteiger charge is -2.11. The highest BCUT2D eigenvalue weighted by atomic mass is 32.2. The first-order chi connectivity index (χ1) is 12.3. The van der Waals surface area contributed by atoms with E-state index in [1.54, 1.807) is 18.0 Å². The molecular weight excluding hydrogens is 336 g/mol. The molecule has 0 unspecified atom stereocenters. The third-order valence-corrected chi connectivity index (χ3v) is 5.11. The number of aliphatic hydroxyl groups is 1. The van der Waals surface area contributed by atoms with Crippen molar-refractivity contribution in [3.8, 4) is 11.5 Å². The molecule has 4 rings (SSSR count). The second-order valence-electron chi connectivity index (χ2n) is 5.74. The van der Waals surface area contributed by atoms with Crippen LogP contribution in [-0.4, -0.2) is 21.5 Å². The molecule has 0 radical (unpaired) electrons. The van der Waals surface area contributed by atoms with Gasteiger partial charge in [0.05, 0.1) is 25.0 Å². The van der Waals surface area contributed by atoms with Gasteiger partial charge in [-0.15, -0.1) is 0 Å². The number of nitrogens with zero attached hydrogens (tertiary/aromatic N) is 2. The Kier molecular flexibility index (Phi) is 4.63. The Morgan fingerprint density at radius 3 is 2.72 bits per heavy atom. The summed E-state index contributed by atoms with van der Waals surface area (Å²) in [4.78, 5) is 4.48. The molecule has 0 saturated heterocycles. The predicted octanol–water partition coefficient (Wildman–Crippen LogP) is 3.44. The molecule has 2 heterocycles. The van der Waals surface area contributed by atoms with Gasteiger partial charge < -0.3 is 19.1 Å². The van der Waals surface area contributed by atoms with Crippen molar-refractivity contribution in [3.05, 3.63) is 71.5 Å². The number of ether oxygens (including phenoxy) is 2. The summed E-state index contributed by atoms with van der Waals surface area (Å²) in [6.45, 7) is 0.858. The number of hydrogen-bond acceptors (Lipinski definition) is 5. The Bertz CT molecular complexity index is 864. The van der Waals surface area contributed by atoms with E-state index in [1.807, 2.05) is 41.0 Å². The SMILES string of the molecule is OCc1cnc(SCc2ccccc2)n1Cc1ccc2c(c1)OCO2. The molecule has 6 heteroatoms. The first-order valence-electron chi connectivity index (χ1n) is 8.04. The summed E-state index contributed by atoms with van der Waals surface area (Å²) in [6.07, 6.45) is 1.74. The zero-order valence-electron chi connectivity index (χ0n) is 13.6. The lowest BCUT2D eigenvalue weighted by Crippen LogP contribution is -2.06. The molecule has 5 nitrogen and oxygen atoms in total. The fourth-order valence-corrected chi connectivity index (χ4v) is 3.70. The Balaban J connectivity index is 1.55. The third-order valence-electron chi connectivity index (χ3n) is 4.05. The number of fused-ring (bicyclic) bond motifs is 1. The highest BCUT2D eigenvalue weighted by Gasteiger charge is 2.15. The van der Waals surface area contributed by atoms with Crippen LogP contribution in [0.2, 0.25) is 0 Å². The van der Waals surface area contributed by atoms with Gasteiger partial charge in [-0.05, 0) is 23.3 Å². The van der Waals surface area contributed by atoms with Crippen LogP contribution in [-0.2, 0) is 18.9 Å². The van der Waals surface area contributed by atoms with Gasteiger partial charge in [-0.3, -0.25) is 0 Å². The summed E-state index contributed by atoms with van der Waals surface area (Å²) in [5.74, 6) is 2.38. The van der Waals surface area contributed by atoms with E-state index in [0.717, 1.165) is 33.7 Å². The smallest absolute Gasteiger partial charge is 0.231 e. The van der Waals surface area contributed by atoms with Gasteiger partial charge >= 0.3 is 0 Å². The fraction of sp³-hybridized carbons (Fsp3) is 0.211. The maximum absolute atomic E-state index is 9.64. The van der Waals surface area contributed by atoms with Gasteiger partial charge in [-0.2, -0.15) is 0 Å². The molecule has 1 aliphatic rings. The van der Waals surface area contributed by atoms with E-state index in [1.165, 1.54) is 5.56 Å². The van der Waals surface area contributed by atoms with Crippen LogP contribution in [0.1, 0.15) is 16.8 Å². The zero-order chi connectivity index (χ0) is 17.1. The van der Waals surface area contributed by atoms with Gasteiger partial charge in [0.15, 0.2) is 16.7 Å². The molecule has 0 atom stereocenters. The molecule has 0 saturated carbocycles. The molecule has 0 bridgehead atoms. The number of rotatable bonds is 6. The van der Waals surface area contributed by atoms with Crippen molar-refractivity contribution in [2.75, 3.05) is 6.79 Å². The molecule has 2 aromatic carbocycles. The van der Waals surface area contributed by atoms with Crippen LogP contribution in [0.3, 0.4) is 0 Å². The predicted molar refractivity (Wildman–Crippen MR) is 95.8 cm³/mol. The second-order valence-corrected chi connectivity index (χ2v) is 6.68. The van der Waals surface area contributed by atoms with E-state index >= 15 is 0 Å². The molecule has 3 aromatic rings. The van der Waals surface area contributed by atoms with Crippen molar-refractivity contribution in [1.29, 1.82) is 0 Å². The lowest BCUT2D eigenvalue weighted by atomic mass is 10.2. The van der Waals surface area contributed by atoms with Crippen molar-refractivity contribution in [1.82, 2.24) is 9.55 Å². The molecule has 0 amide bonds. The Morgan fingerprint density at radius 2 is 1.88 bits per heavy atom. The van der Waals surface area contributed by atoms with E-state index in [9.17, 15) is 5.11 Å². The molecule has 1 aromatic heterocycles. The van der Waals surface area contributed by atoms with Crippen molar-refractivity contribution >= 4 is 11.8 Å². The minimum atomic E-state index is -0.0382. The Morgan fingerprint density at radius 1 is 1.04 bits per heavy atom. The van der Waals surface area contributed by atoms with Gasteiger partial charge in [-0.1, -0.05) is 48.2 Å². The first kappa shape index (κ1) is 16.1. The van der Waals surface area contributed by atoms with Crippen LogP contribution in [0.15, 0.2) is 59.9 Å². The Hall–Kier alpha value is -2.44. The average Bonchev–Trinajstić information content (AvgIpc) is 3.27. The molecule has 0 fully saturated rings. The zero-order valence-corrected chi connectivity index (χ0v) is 14.4. The summed E-state index contributed by atoms with van der Waals surface area (Å²) in [7, 11) is 0. The van der Waals surface area contributed by atoms with E-state index in [0.29, 0.717) is 6.54 Å². The molecule has 1 aliphatic heterocycles. The maximum Gasteiger partial charge on any atom is 0.231 e. The number of imidazole rings is 1. The quantitative estimate of drug-likeness (QED) is 0.687. The summed E-state index contributed by atoms with van der Waals surface area (Å²) in [5, 5.41) is 10.5. The molecule has 25 heavy (non-hydrogen) atoms. The molecule has 0 spiro atoms. The number of aliphatic hydroxyl groups excluding tert-OH is 1. The monoisotopic (exact) mass is 354 g/mol. The van der Waals surface area contributed by atoms with Crippen LogP contribution < -0.4 is 9.47 Å². The average molecular weight is 354 g/mol. The van der Waals surface area contributed by atoms with E-state index in [2.05, 4.69) is 17.1 Å². The lowest BCUT2D eigenvalue weighted by molar-refractivity contribution is 0.174. The largest absolute Gasteiger partial charge is 0.454 e. The normalized spacial score (nSPS) is 12.5. The van der Waals surface area contributed by atoms with Crippen molar-refractivity contribution in [2.45, 2.75) is 24.1 Å². The standard InChI is InChI=1S/C19H18N2O3S/c22-11-16-9-20-19(25-12-14-4-2-1-3-5-14)21(16)10-15-6-7-17-18(8-15)24-13-23-17/h1-9,22H,10-13H2. The van der Waals surface area contributed by atoms with Crippen molar-refractivity contribution < 1.29 is 14.6 Å². The van der Waals surface area contributed by atoms with E-state index in [-0.39, 0.29) is 13.4 Å². The minimum absolute atomic E-state index is 0.0382. The van der Waals surface area contributed by atoms with Gasteiger partial charge in [0.25, 0.3) is 0 Å². The molecule has 0 aliphatic carbocycles. The highest BCUT2D eigenvalue weighted by molar-refractivity contribution is 7.98.